The van der Waals surface area contributed by atoms with Gasteiger partial charge in [0.2, 0.25) is 5.91 Å². The number of nitrogens with zero attached hydrogens (tertiary/aromatic N) is 3. The van der Waals surface area contributed by atoms with E-state index in [1.165, 1.54) is 16.1 Å². The van der Waals surface area contributed by atoms with Gasteiger partial charge in [0.15, 0.2) is 0 Å². The Kier molecular flexibility index (Phi) is 5.29. The molecule has 6 heteroatoms. The number of piperazine rings is 1. The van der Waals surface area contributed by atoms with Crippen molar-refractivity contribution in [3.8, 4) is 0 Å². The van der Waals surface area contributed by atoms with Crippen LogP contribution >= 0.6 is 11.3 Å². The van der Waals surface area contributed by atoms with E-state index >= 15 is 0 Å². The van der Waals surface area contributed by atoms with Gasteiger partial charge in [-0.1, -0.05) is 12.1 Å². The van der Waals surface area contributed by atoms with Gasteiger partial charge in [-0.2, -0.15) is 0 Å². The Labute approximate surface area is 153 Å². The van der Waals surface area contributed by atoms with Crippen molar-refractivity contribution in [2.75, 3.05) is 39.3 Å². The summed E-state index contributed by atoms with van der Waals surface area (Å²) in [7, 11) is 0. The summed E-state index contributed by atoms with van der Waals surface area (Å²) in [6.45, 7) is 6.71. The maximum absolute atomic E-state index is 12.4. The SMILES string of the molecule is O=C(CCC1CCNC1)N1CCN(Cc2nc3ccccc3s2)CC1. The van der Waals surface area contributed by atoms with E-state index in [-0.39, 0.29) is 0 Å². The van der Waals surface area contributed by atoms with Gasteiger partial charge in [0.25, 0.3) is 0 Å². The van der Waals surface area contributed by atoms with E-state index in [0.717, 1.165) is 57.8 Å². The fourth-order valence-electron chi connectivity index (χ4n) is 3.78. The molecule has 0 bridgehead atoms. The van der Waals surface area contributed by atoms with Gasteiger partial charge in [0.05, 0.1) is 16.8 Å². The topological polar surface area (TPSA) is 48.5 Å². The van der Waals surface area contributed by atoms with Gasteiger partial charge in [-0.3, -0.25) is 9.69 Å². The third kappa shape index (κ3) is 4.19. The maximum Gasteiger partial charge on any atom is 0.222 e. The molecule has 2 aliphatic rings. The van der Waals surface area contributed by atoms with Crippen LogP contribution in [0.5, 0.6) is 0 Å². The van der Waals surface area contributed by atoms with Crippen LogP contribution in [0.4, 0.5) is 0 Å². The number of hydrogen-bond donors (Lipinski definition) is 1. The standard InChI is InChI=1S/C19H26N4OS/c24-19(6-5-15-7-8-20-13-15)23-11-9-22(10-12-23)14-18-21-16-3-1-2-4-17(16)25-18/h1-4,15,20H,5-14H2. The van der Waals surface area contributed by atoms with E-state index in [9.17, 15) is 4.79 Å². The van der Waals surface area contributed by atoms with Gasteiger partial charge in [-0.15, -0.1) is 11.3 Å². The predicted molar refractivity (Wildman–Crippen MR) is 102 cm³/mol. The van der Waals surface area contributed by atoms with E-state index in [1.54, 1.807) is 11.3 Å². The Morgan fingerprint density at radius 3 is 2.84 bits per heavy atom. The third-order valence-corrected chi connectivity index (χ3v) is 6.37. The van der Waals surface area contributed by atoms with Gasteiger partial charge in [-0.25, -0.2) is 4.98 Å². The summed E-state index contributed by atoms with van der Waals surface area (Å²) in [5.74, 6) is 1.04. The molecule has 1 amide bonds. The Morgan fingerprint density at radius 2 is 2.08 bits per heavy atom. The van der Waals surface area contributed by atoms with E-state index in [1.807, 2.05) is 6.07 Å². The summed E-state index contributed by atoms with van der Waals surface area (Å²) in [4.78, 5) is 21.6. The lowest BCUT2D eigenvalue weighted by atomic mass is 10.0. The molecule has 0 aliphatic carbocycles. The summed E-state index contributed by atoms with van der Waals surface area (Å²) in [5.41, 5.74) is 1.10. The molecule has 3 heterocycles. The quantitative estimate of drug-likeness (QED) is 0.891. The highest BCUT2D eigenvalue weighted by molar-refractivity contribution is 7.18. The second-order valence-electron chi connectivity index (χ2n) is 7.13. The molecular weight excluding hydrogens is 332 g/mol. The number of thiazole rings is 1. The van der Waals surface area contributed by atoms with E-state index < -0.39 is 0 Å². The van der Waals surface area contributed by atoms with Gasteiger partial charge < -0.3 is 10.2 Å². The number of fused-ring (bicyclic) bond motifs is 1. The van der Waals surface area contributed by atoms with Crippen LogP contribution < -0.4 is 5.32 Å². The lowest BCUT2D eigenvalue weighted by Gasteiger charge is -2.34. The van der Waals surface area contributed by atoms with Crippen LogP contribution in [-0.4, -0.2) is 60.0 Å². The van der Waals surface area contributed by atoms with E-state index in [2.05, 4.69) is 33.3 Å². The van der Waals surface area contributed by atoms with Gasteiger partial charge >= 0.3 is 0 Å². The van der Waals surface area contributed by atoms with Crippen molar-refractivity contribution in [3.05, 3.63) is 29.3 Å². The largest absolute Gasteiger partial charge is 0.340 e. The Hall–Kier alpha value is -1.50. The first-order chi connectivity index (χ1) is 12.3. The van der Waals surface area contributed by atoms with Crippen molar-refractivity contribution in [1.82, 2.24) is 20.1 Å². The van der Waals surface area contributed by atoms with Crippen molar-refractivity contribution >= 4 is 27.5 Å². The number of nitrogens with one attached hydrogen (secondary N) is 1. The zero-order valence-electron chi connectivity index (χ0n) is 14.6. The molecule has 134 valence electrons. The average molecular weight is 359 g/mol. The molecule has 2 fully saturated rings. The molecule has 5 nitrogen and oxygen atoms in total. The highest BCUT2D eigenvalue weighted by atomic mass is 32.1. The molecule has 1 aromatic heterocycles. The molecule has 1 unspecified atom stereocenters. The Balaban J connectivity index is 1.24. The molecule has 0 radical (unpaired) electrons. The molecule has 1 aromatic carbocycles. The second kappa shape index (κ2) is 7.81. The van der Waals surface area contributed by atoms with Crippen LogP contribution in [-0.2, 0) is 11.3 Å². The smallest absolute Gasteiger partial charge is 0.222 e. The molecule has 25 heavy (non-hydrogen) atoms. The molecule has 2 aromatic rings. The first-order valence-electron chi connectivity index (χ1n) is 9.33. The van der Waals surface area contributed by atoms with Crippen LogP contribution in [0.1, 0.15) is 24.3 Å². The maximum atomic E-state index is 12.4. The molecule has 0 saturated carbocycles. The average Bonchev–Trinajstić information content (AvgIpc) is 3.29. The minimum atomic E-state index is 0.339. The zero-order valence-corrected chi connectivity index (χ0v) is 15.4. The summed E-state index contributed by atoms with van der Waals surface area (Å²) in [6.07, 6.45) is 2.98. The van der Waals surface area contributed by atoms with Crippen LogP contribution in [0.3, 0.4) is 0 Å². The first kappa shape index (κ1) is 16.9. The molecule has 1 N–H and O–H groups in total. The minimum Gasteiger partial charge on any atom is -0.340 e. The highest BCUT2D eigenvalue weighted by Gasteiger charge is 2.23. The fourth-order valence-corrected chi connectivity index (χ4v) is 4.79. The number of rotatable bonds is 5. The number of carbonyl (C=O) groups excluding carboxylic acids is 1. The second-order valence-corrected chi connectivity index (χ2v) is 8.24. The molecule has 1 atom stereocenters. The lowest BCUT2D eigenvalue weighted by Crippen LogP contribution is -2.48. The Morgan fingerprint density at radius 1 is 1.24 bits per heavy atom. The summed E-state index contributed by atoms with van der Waals surface area (Å²) < 4.78 is 1.26. The van der Waals surface area contributed by atoms with Crippen molar-refractivity contribution in [2.24, 2.45) is 5.92 Å². The molecule has 2 saturated heterocycles. The Bertz CT molecular complexity index is 684. The number of hydrogen-bond acceptors (Lipinski definition) is 5. The van der Waals surface area contributed by atoms with Crippen molar-refractivity contribution in [3.63, 3.8) is 0 Å². The highest BCUT2D eigenvalue weighted by Crippen LogP contribution is 2.23. The number of amides is 1. The van der Waals surface area contributed by atoms with E-state index in [0.29, 0.717) is 18.2 Å². The summed E-state index contributed by atoms with van der Waals surface area (Å²) >= 11 is 1.78. The van der Waals surface area contributed by atoms with Crippen LogP contribution in [0.2, 0.25) is 0 Å². The number of carbonyl (C=O) groups is 1. The third-order valence-electron chi connectivity index (χ3n) is 5.35. The van der Waals surface area contributed by atoms with Crippen molar-refractivity contribution < 1.29 is 4.79 Å². The van der Waals surface area contributed by atoms with Crippen LogP contribution in [0, 0.1) is 5.92 Å². The van der Waals surface area contributed by atoms with Crippen LogP contribution in [0.15, 0.2) is 24.3 Å². The fraction of sp³-hybridized carbons (Fsp3) is 0.579. The zero-order chi connectivity index (χ0) is 17.1. The normalized spacial score (nSPS) is 21.9. The minimum absolute atomic E-state index is 0.339. The van der Waals surface area contributed by atoms with E-state index in [4.69, 9.17) is 4.98 Å². The first-order valence-corrected chi connectivity index (χ1v) is 10.1. The van der Waals surface area contributed by atoms with Gasteiger partial charge in [0, 0.05) is 32.6 Å². The number of para-hydroxylation sites is 1. The lowest BCUT2D eigenvalue weighted by molar-refractivity contribution is -0.133. The number of aromatic nitrogens is 1. The predicted octanol–water partition coefficient (Wildman–Crippen LogP) is 2.33. The van der Waals surface area contributed by atoms with Crippen molar-refractivity contribution in [1.29, 1.82) is 0 Å². The van der Waals surface area contributed by atoms with Gasteiger partial charge in [0.1, 0.15) is 5.01 Å². The summed E-state index contributed by atoms with van der Waals surface area (Å²) in [5, 5.41) is 4.55. The molecule has 2 aliphatic heterocycles. The van der Waals surface area contributed by atoms with Gasteiger partial charge in [-0.05, 0) is 44.0 Å². The molecule has 0 spiro atoms. The molecule has 4 rings (SSSR count). The van der Waals surface area contributed by atoms with Crippen molar-refractivity contribution in [2.45, 2.75) is 25.8 Å². The summed E-state index contributed by atoms with van der Waals surface area (Å²) in [6, 6.07) is 8.31. The molecular formula is C19H26N4OS. The van der Waals surface area contributed by atoms with Crippen LogP contribution in [0.25, 0.3) is 10.2 Å². The monoisotopic (exact) mass is 358 g/mol. The number of benzene rings is 1.